The lowest BCUT2D eigenvalue weighted by Crippen LogP contribution is -2.32. The van der Waals surface area contributed by atoms with E-state index in [0.29, 0.717) is 19.5 Å². The van der Waals surface area contributed by atoms with Gasteiger partial charge in [-0.25, -0.2) is 24.3 Å². The normalized spacial score (nSPS) is 17.8. The van der Waals surface area contributed by atoms with Crippen molar-refractivity contribution < 1.29 is 13.9 Å². The summed E-state index contributed by atoms with van der Waals surface area (Å²) in [4.78, 5) is 29.1. The fourth-order valence-corrected chi connectivity index (χ4v) is 2.07. The van der Waals surface area contributed by atoms with Crippen molar-refractivity contribution in [1.29, 1.82) is 0 Å². The number of nitrogens with zero attached hydrogens (tertiary/aromatic N) is 5. The molecule has 1 aliphatic heterocycles. The topological polar surface area (TPSA) is 81.1 Å². The van der Waals surface area contributed by atoms with Gasteiger partial charge in [-0.15, -0.1) is 0 Å². The number of hydrogen-bond donors (Lipinski definition) is 0. The summed E-state index contributed by atoms with van der Waals surface area (Å²) in [5.74, 6) is -0.593. The third-order valence-corrected chi connectivity index (χ3v) is 3.06. The van der Waals surface area contributed by atoms with Crippen molar-refractivity contribution in [2.24, 2.45) is 0 Å². The van der Waals surface area contributed by atoms with Crippen LogP contribution in [0.4, 0.5) is 4.39 Å². The van der Waals surface area contributed by atoms with Gasteiger partial charge in [0.1, 0.15) is 6.10 Å². The van der Waals surface area contributed by atoms with Gasteiger partial charge < -0.3 is 9.64 Å². The Hall–Kier alpha value is -2.64. The Labute approximate surface area is 119 Å². The average Bonchev–Trinajstić information content (AvgIpc) is 2.98. The van der Waals surface area contributed by atoms with E-state index in [1.54, 1.807) is 11.0 Å². The first kappa shape index (κ1) is 13.3. The van der Waals surface area contributed by atoms with Gasteiger partial charge in [-0.3, -0.25) is 4.79 Å². The van der Waals surface area contributed by atoms with Crippen LogP contribution in [-0.2, 0) is 0 Å². The second kappa shape index (κ2) is 5.78. The van der Waals surface area contributed by atoms with E-state index in [2.05, 4.69) is 19.9 Å². The first-order valence-corrected chi connectivity index (χ1v) is 6.43. The van der Waals surface area contributed by atoms with E-state index in [9.17, 15) is 9.18 Å². The van der Waals surface area contributed by atoms with Crippen LogP contribution < -0.4 is 4.74 Å². The van der Waals surface area contributed by atoms with Gasteiger partial charge in [0.15, 0.2) is 5.82 Å². The van der Waals surface area contributed by atoms with Crippen LogP contribution in [0.25, 0.3) is 0 Å². The standard InChI is InChI=1S/C13H12FN5O2/c14-9-6-17-13(18-7-9)21-10-2-5-19(8-10)12(20)11-15-3-1-4-16-11/h1,3-4,6-7,10H,2,5,8H2/t10-/m0/s1. The minimum Gasteiger partial charge on any atom is -0.458 e. The van der Waals surface area contributed by atoms with Crippen LogP contribution in [0.3, 0.4) is 0 Å². The predicted octanol–water partition coefficient (Wildman–Crippen LogP) is 0.699. The molecule has 21 heavy (non-hydrogen) atoms. The lowest BCUT2D eigenvalue weighted by Gasteiger charge is -2.15. The largest absolute Gasteiger partial charge is 0.458 e. The molecule has 3 heterocycles. The van der Waals surface area contributed by atoms with E-state index >= 15 is 0 Å². The summed E-state index contributed by atoms with van der Waals surface area (Å²) in [5, 5.41) is 0. The molecule has 108 valence electrons. The Morgan fingerprint density at radius 1 is 1.24 bits per heavy atom. The van der Waals surface area contributed by atoms with Gasteiger partial charge >= 0.3 is 6.01 Å². The zero-order chi connectivity index (χ0) is 14.7. The highest BCUT2D eigenvalue weighted by Crippen LogP contribution is 2.16. The lowest BCUT2D eigenvalue weighted by molar-refractivity contribution is 0.0757. The molecule has 0 N–H and O–H groups in total. The van der Waals surface area contributed by atoms with Crippen LogP contribution in [0.15, 0.2) is 30.9 Å². The summed E-state index contributed by atoms with van der Waals surface area (Å²) < 4.78 is 18.2. The van der Waals surface area contributed by atoms with E-state index in [1.807, 2.05) is 0 Å². The molecule has 1 aliphatic rings. The molecule has 2 aromatic rings. The molecule has 1 saturated heterocycles. The molecule has 1 amide bonds. The first-order valence-electron chi connectivity index (χ1n) is 6.43. The van der Waals surface area contributed by atoms with Gasteiger partial charge in [0.05, 0.1) is 18.9 Å². The van der Waals surface area contributed by atoms with Crippen molar-refractivity contribution >= 4 is 5.91 Å². The van der Waals surface area contributed by atoms with Crippen molar-refractivity contribution in [2.75, 3.05) is 13.1 Å². The predicted molar refractivity (Wildman–Crippen MR) is 69.0 cm³/mol. The fourth-order valence-electron chi connectivity index (χ4n) is 2.07. The first-order chi connectivity index (χ1) is 10.2. The Bertz CT molecular complexity index is 622. The van der Waals surface area contributed by atoms with Crippen molar-refractivity contribution in [2.45, 2.75) is 12.5 Å². The maximum Gasteiger partial charge on any atom is 0.316 e. The van der Waals surface area contributed by atoms with Crippen LogP contribution in [0.2, 0.25) is 0 Å². The van der Waals surface area contributed by atoms with Crippen LogP contribution in [0.5, 0.6) is 6.01 Å². The molecule has 7 nitrogen and oxygen atoms in total. The second-order valence-electron chi connectivity index (χ2n) is 4.54. The summed E-state index contributed by atoms with van der Waals surface area (Å²) in [6, 6.07) is 1.75. The molecule has 0 aromatic carbocycles. The lowest BCUT2D eigenvalue weighted by atomic mass is 10.3. The number of carbonyl (C=O) groups excluding carboxylic acids is 1. The van der Waals surface area contributed by atoms with Gasteiger partial charge in [-0.05, 0) is 6.07 Å². The van der Waals surface area contributed by atoms with Crippen LogP contribution in [0.1, 0.15) is 17.0 Å². The summed E-state index contributed by atoms with van der Waals surface area (Å²) in [6.07, 6.45) is 5.56. The Kier molecular flexibility index (Phi) is 3.67. The number of likely N-dealkylation sites (tertiary alicyclic amines) is 1. The summed E-state index contributed by atoms with van der Waals surface area (Å²) in [7, 11) is 0. The fraction of sp³-hybridized carbons (Fsp3) is 0.308. The molecule has 3 rings (SSSR count). The van der Waals surface area contributed by atoms with E-state index < -0.39 is 5.82 Å². The third kappa shape index (κ3) is 3.10. The molecule has 0 spiro atoms. The number of ether oxygens (including phenoxy) is 1. The van der Waals surface area contributed by atoms with E-state index in [-0.39, 0.29) is 23.8 Å². The maximum absolute atomic E-state index is 12.7. The number of hydrogen-bond acceptors (Lipinski definition) is 6. The number of carbonyl (C=O) groups is 1. The quantitative estimate of drug-likeness (QED) is 0.827. The van der Waals surface area contributed by atoms with Gasteiger partial charge in [0.25, 0.3) is 5.91 Å². The van der Waals surface area contributed by atoms with Crippen LogP contribution in [0, 0.1) is 5.82 Å². The zero-order valence-corrected chi connectivity index (χ0v) is 11.0. The smallest absolute Gasteiger partial charge is 0.316 e. The van der Waals surface area contributed by atoms with Gasteiger partial charge in [0.2, 0.25) is 5.82 Å². The van der Waals surface area contributed by atoms with E-state index in [1.165, 1.54) is 12.4 Å². The van der Waals surface area contributed by atoms with Crippen LogP contribution >= 0.6 is 0 Å². The molecular weight excluding hydrogens is 277 g/mol. The number of amides is 1. The van der Waals surface area contributed by atoms with Crippen molar-refractivity contribution in [3.63, 3.8) is 0 Å². The van der Waals surface area contributed by atoms with E-state index in [4.69, 9.17) is 4.74 Å². The summed E-state index contributed by atoms with van der Waals surface area (Å²) in [6.45, 7) is 0.945. The minimum absolute atomic E-state index is 0.103. The third-order valence-electron chi connectivity index (χ3n) is 3.06. The van der Waals surface area contributed by atoms with Gasteiger partial charge in [-0.1, -0.05) is 0 Å². The molecule has 0 saturated carbocycles. The van der Waals surface area contributed by atoms with Gasteiger partial charge in [-0.2, -0.15) is 0 Å². The average molecular weight is 289 g/mol. The monoisotopic (exact) mass is 289 g/mol. The molecule has 2 aromatic heterocycles. The summed E-state index contributed by atoms with van der Waals surface area (Å²) >= 11 is 0. The Morgan fingerprint density at radius 2 is 1.95 bits per heavy atom. The molecule has 1 atom stereocenters. The zero-order valence-electron chi connectivity index (χ0n) is 11.0. The Morgan fingerprint density at radius 3 is 2.67 bits per heavy atom. The van der Waals surface area contributed by atoms with Crippen molar-refractivity contribution in [1.82, 2.24) is 24.8 Å². The molecule has 0 bridgehead atoms. The highest BCUT2D eigenvalue weighted by molar-refractivity contribution is 5.90. The molecule has 0 radical (unpaired) electrons. The SMILES string of the molecule is O=C(c1ncccn1)N1CC[C@H](Oc2ncc(F)cn2)C1. The molecule has 0 unspecified atom stereocenters. The maximum atomic E-state index is 12.7. The highest BCUT2D eigenvalue weighted by atomic mass is 19.1. The minimum atomic E-state index is -0.521. The second-order valence-corrected chi connectivity index (χ2v) is 4.54. The highest BCUT2D eigenvalue weighted by Gasteiger charge is 2.29. The number of rotatable bonds is 3. The molecule has 1 fully saturated rings. The number of halogens is 1. The molecule has 8 heteroatoms. The van der Waals surface area contributed by atoms with E-state index in [0.717, 1.165) is 12.4 Å². The number of aromatic nitrogens is 4. The molecule has 0 aliphatic carbocycles. The van der Waals surface area contributed by atoms with Crippen molar-refractivity contribution in [3.05, 3.63) is 42.5 Å². The summed E-state index contributed by atoms with van der Waals surface area (Å²) in [5.41, 5.74) is 0. The molecular formula is C13H12FN5O2. The Balaban J connectivity index is 1.60. The van der Waals surface area contributed by atoms with Crippen molar-refractivity contribution in [3.8, 4) is 6.01 Å². The van der Waals surface area contributed by atoms with Gasteiger partial charge in [0, 0.05) is 25.4 Å². The van der Waals surface area contributed by atoms with Crippen LogP contribution in [-0.4, -0.2) is 49.9 Å².